The topological polar surface area (TPSA) is 92.3 Å². The fourth-order valence-electron chi connectivity index (χ4n) is 2.97. The van der Waals surface area contributed by atoms with Crippen LogP contribution in [0.2, 0.25) is 0 Å². The molecule has 9 heteroatoms. The zero-order valence-electron chi connectivity index (χ0n) is 15.3. The lowest BCUT2D eigenvalue weighted by atomic mass is 9.97. The van der Waals surface area contributed by atoms with E-state index in [0.29, 0.717) is 31.1 Å². The Hall–Kier alpha value is -1.97. The largest absolute Gasteiger partial charge is 0.326 e. The lowest BCUT2D eigenvalue weighted by Crippen LogP contribution is -2.40. The first-order valence-corrected chi connectivity index (χ1v) is 11.3. The summed E-state index contributed by atoms with van der Waals surface area (Å²) in [6.07, 6.45) is 5.68. The molecule has 2 heterocycles. The van der Waals surface area contributed by atoms with E-state index in [4.69, 9.17) is 0 Å². The van der Waals surface area contributed by atoms with Gasteiger partial charge in [0, 0.05) is 42.0 Å². The predicted octanol–water partition coefficient (Wildman–Crippen LogP) is 2.55. The number of nitrogens with zero attached hydrogens (tertiary/aromatic N) is 3. The third-order valence-electron chi connectivity index (χ3n) is 4.50. The highest BCUT2D eigenvalue weighted by molar-refractivity contribution is 7.99. The van der Waals surface area contributed by atoms with Crippen LogP contribution in [0.4, 0.5) is 5.69 Å². The van der Waals surface area contributed by atoms with E-state index in [2.05, 4.69) is 15.3 Å². The number of hydrogen-bond acceptors (Lipinski definition) is 6. The highest BCUT2D eigenvalue weighted by Gasteiger charge is 2.29. The maximum Gasteiger partial charge on any atom is 0.227 e. The number of benzene rings is 1. The Morgan fingerprint density at radius 1 is 1.22 bits per heavy atom. The summed E-state index contributed by atoms with van der Waals surface area (Å²) in [5, 5.41) is 3.65. The number of sulfonamides is 1. The number of hydrogen-bond donors (Lipinski definition) is 1. The Labute approximate surface area is 163 Å². The molecule has 0 radical (unpaired) electrons. The number of carbonyl (C=O) groups excluding carboxylic acids is 1. The number of aryl methyl sites for hydroxylation is 1. The van der Waals surface area contributed by atoms with Crippen molar-refractivity contribution < 1.29 is 13.2 Å². The Bertz CT molecular complexity index is 911. The van der Waals surface area contributed by atoms with Gasteiger partial charge in [-0.15, -0.1) is 0 Å². The molecule has 0 aliphatic carbocycles. The van der Waals surface area contributed by atoms with Crippen molar-refractivity contribution in [3.8, 4) is 0 Å². The minimum atomic E-state index is -3.18. The van der Waals surface area contributed by atoms with Crippen molar-refractivity contribution in [1.82, 2.24) is 14.3 Å². The van der Waals surface area contributed by atoms with Gasteiger partial charge < -0.3 is 5.32 Å². The first-order valence-electron chi connectivity index (χ1n) is 8.64. The van der Waals surface area contributed by atoms with Crippen molar-refractivity contribution in [2.45, 2.75) is 29.8 Å². The summed E-state index contributed by atoms with van der Waals surface area (Å²) in [6.45, 7) is 2.73. The van der Waals surface area contributed by atoms with E-state index in [0.717, 1.165) is 16.1 Å². The van der Waals surface area contributed by atoms with Crippen molar-refractivity contribution in [2.24, 2.45) is 5.92 Å². The molecule has 0 unspecified atom stereocenters. The van der Waals surface area contributed by atoms with Crippen LogP contribution in [0.5, 0.6) is 0 Å². The van der Waals surface area contributed by atoms with Gasteiger partial charge in [-0.05, 0) is 61.4 Å². The van der Waals surface area contributed by atoms with Gasteiger partial charge in [0.25, 0.3) is 0 Å². The van der Waals surface area contributed by atoms with E-state index in [-0.39, 0.29) is 11.8 Å². The Balaban J connectivity index is 1.60. The molecule has 1 saturated heterocycles. The van der Waals surface area contributed by atoms with E-state index in [1.807, 2.05) is 25.1 Å². The SMILES string of the molecule is Cc1cc(Sc2ncccn2)ccc1NC(=O)C1CCN(S(C)(=O)=O)CC1. The normalized spacial score (nSPS) is 16.2. The second-order valence-electron chi connectivity index (χ2n) is 6.54. The minimum Gasteiger partial charge on any atom is -0.326 e. The highest BCUT2D eigenvalue weighted by atomic mass is 32.2. The van der Waals surface area contributed by atoms with Gasteiger partial charge in [0.1, 0.15) is 0 Å². The van der Waals surface area contributed by atoms with Gasteiger partial charge in [-0.25, -0.2) is 22.7 Å². The van der Waals surface area contributed by atoms with E-state index in [1.54, 1.807) is 18.5 Å². The molecule has 2 aromatic rings. The van der Waals surface area contributed by atoms with Gasteiger partial charge in [0.05, 0.1) is 6.26 Å². The maximum absolute atomic E-state index is 12.5. The molecule has 0 atom stereocenters. The molecule has 1 aromatic heterocycles. The summed E-state index contributed by atoms with van der Waals surface area (Å²) in [7, 11) is -3.18. The van der Waals surface area contributed by atoms with E-state index >= 15 is 0 Å². The summed E-state index contributed by atoms with van der Waals surface area (Å²) in [4.78, 5) is 21.9. The summed E-state index contributed by atoms with van der Waals surface area (Å²) in [6, 6.07) is 7.57. The van der Waals surface area contributed by atoms with E-state index in [1.165, 1.54) is 22.3 Å². The molecule has 7 nitrogen and oxygen atoms in total. The molecular weight excluding hydrogens is 384 g/mol. The van der Waals surface area contributed by atoms with Gasteiger partial charge in [-0.2, -0.15) is 0 Å². The van der Waals surface area contributed by atoms with Crippen LogP contribution in [-0.2, 0) is 14.8 Å². The third-order valence-corrected chi connectivity index (χ3v) is 6.69. The molecule has 3 rings (SSSR count). The molecule has 1 N–H and O–H groups in total. The van der Waals surface area contributed by atoms with Crippen LogP contribution in [0.1, 0.15) is 18.4 Å². The number of anilines is 1. The Morgan fingerprint density at radius 3 is 2.48 bits per heavy atom. The molecule has 0 spiro atoms. The average molecular weight is 407 g/mol. The smallest absolute Gasteiger partial charge is 0.227 e. The van der Waals surface area contributed by atoms with Gasteiger partial charge >= 0.3 is 0 Å². The molecule has 1 amide bonds. The summed E-state index contributed by atoms with van der Waals surface area (Å²) in [5.74, 6) is -0.229. The maximum atomic E-state index is 12.5. The molecular formula is C18H22N4O3S2. The molecule has 0 bridgehead atoms. The molecule has 1 aliphatic heterocycles. The summed E-state index contributed by atoms with van der Waals surface area (Å²) in [5.41, 5.74) is 1.72. The van der Waals surface area contributed by atoms with Gasteiger partial charge in [-0.3, -0.25) is 4.79 Å². The second kappa shape index (κ2) is 8.37. The molecule has 144 valence electrons. The Kier molecular flexibility index (Phi) is 6.13. The molecule has 0 saturated carbocycles. The van der Waals surface area contributed by atoms with Crippen molar-refractivity contribution in [3.63, 3.8) is 0 Å². The van der Waals surface area contributed by atoms with Crippen LogP contribution in [0.3, 0.4) is 0 Å². The van der Waals surface area contributed by atoms with E-state index < -0.39 is 10.0 Å². The zero-order chi connectivity index (χ0) is 19.4. The number of rotatable bonds is 5. The van der Waals surface area contributed by atoms with Gasteiger partial charge in [-0.1, -0.05) is 0 Å². The fraction of sp³-hybridized carbons (Fsp3) is 0.389. The number of nitrogens with one attached hydrogen (secondary N) is 1. The highest BCUT2D eigenvalue weighted by Crippen LogP contribution is 2.28. The molecule has 27 heavy (non-hydrogen) atoms. The van der Waals surface area contributed by atoms with Gasteiger partial charge in [0.2, 0.25) is 15.9 Å². The summed E-state index contributed by atoms with van der Waals surface area (Å²) < 4.78 is 24.6. The quantitative estimate of drug-likeness (QED) is 0.767. The summed E-state index contributed by atoms with van der Waals surface area (Å²) >= 11 is 1.46. The second-order valence-corrected chi connectivity index (χ2v) is 9.56. The van der Waals surface area contributed by atoms with Crippen LogP contribution in [0, 0.1) is 12.8 Å². The first-order chi connectivity index (χ1) is 12.8. The molecule has 1 aliphatic rings. The van der Waals surface area contributed by atoms with Crippen LogP contribution in [0.15, 0.2) is 46.7 Å². The predicted molar refractivity (Wildman–Crippen MR) is 105 cm³/mol. The number of piperidine rings is 1. The van der Waals surface area contributed by atoms with Crippen molar-refractivity contribution in [3.05, 3.63) is 42.2 Å². The van der Waals surface area contributed by atoms with Crippen molar-refractivity contribution >= 4 is 33.4 Å². The van der Waals surface area contributed by atoms with Crippen LogP contribution in [-0.4, -0.2) is 47.9 Å². The van der Waals surface area contributed by atoms with Crippen LogP contribution >= 0.6 is 11.8 Å². The number of carbonyl (C=O) groups is 1. The zero-order valence-corrected chi connectivity index (χ0v) is 16.9. The molecule has 1 fully saturated rings. The molecule has 1 aromatic carbocycles. The fourth-order valence-corrected chi connectivity index (χ4v) is 4.65. The van der Waals surface area contributed by atoms with Crippen molar-refractivity contribution in [1.29, 1.82) is 0 Å². The van der Waals surface area contributed by atoms with Crippen molar-refractivity contribution in [2.75, 3.05) is 24.7 Å². The first kappa shape index (κ1) is 19.8. The Morgan fingerprint density at radius 2 is 1.89 bits per heavy atom. The number of aromatic nitrogens is 2. The third kappa shape index (κ3) is 5.27. The lowest BCUT2D eigenvalue weighted by Gasteiger charge is -2.29. The van der Waals surface area contributed by atoms with Crippen LogP contribution < -0.4 is 5.32 Å². The van der Waals surface area contributed by atoms with Gasteiger partial charge in [0.15, 0.2) is 5.16 Å². The minimum absolute atomic E-state index is 0.0574. The van der Waals surface area contributed by atoms with Crippen LogP contribution in [0.25, 0.3) is 0 Å². The number of amides is 1. The lowest BCUT2D eigenvalue weighted by molar-refractivity contribution is -0.120. The average Bonchev–Trinajstić information content (AvgIpc) is 2.64. The van der Waals surface area contributed by atoms with E-state index in [9.17, 15) is 13.2 Å². The monoisotopic (exact) mass is 406 g/mol. The standard InChI is InChI=1S/C18H22N4O3S2/c1-13-12-15(26-18-19-8-3-9-20-18)4-5-16(13)21-17(23)14-6-10-22(11-7-14)27(2,24)25/h3-5,8-9,12,14H,6-7,10-11H2,1-2H3,(H,21,23).